The summed E-state index contributed by atoms with van der Waals surface area (Å²) in [4.78, 5) is 6.85. The smallest absolute Gasteiger partial charge is 0.120 e. The maximum Gasteiger partial charge on any atom is 0.120 e. The molecule has 0 radical (unpaired) electrons. The number of likely N-dealkylation sites (tertiary alicyclic amines) is 1. The third kappa shape index (κ3) is 6.25. The minimum Gasteiger partial charge on any atom is -0.497 e. The number of nitrogens with zero attached hydrogens (tertiary/aromatic N) is 2. The zero-order valence-corrected chi connectivity index (χ0v) is 15.9. The van der Waals surface area contributed by atoms with Gasteiger partial charge in [0.05, 0.1) is 7.11 Å². The van der Waals surface area contributed by atoms with E-state index in [0.717, 1.165) is 50.5 Å². The Kier molecular flexibility index (Phi) is 7.04. The summed E-state index contributed by atoms with van der Waals surface area (Å²) in [5.41, 5.74) is 0.938. The van der Waals surface area contributed by atoms with Gasteiger partial charge in [0.15, 0.2) is 0 Å². The second kappa shape index (κ2) is 9.92. The summed E-state index contributed by atoms with van der Waals surface area (Å²) < 4.78 is 5.21. The number of aliphatic imine (C=N–C) groups is 1. The van der Waals surface area contributed by atoms with Gasteiger partial charge in [0.1, 0.15) is 11.6 Å². The number of methoxy groups -OCH3 is 1. The van der Waals surface area contributed by atoms with E-state index in [2.05, 4.69) is 32.7 Å². The molecular formula is C21H29N5O. The molecule has 1 aromatic rings. The highest BCUT2D eigenvalue weighted by atomic mass is 16.5. The van der Waals surface area contributed by atoms with Gasteiger partial charge in [-0.15, -0.1) is 0 Å². The van der Waals surface area contributed by atoms with Crippen LogP contribution in [0.15, 0.2) is 53.7 Å². The first-order chi connectivity index (χ1) is 13.2. The van der Waals surface area contributed by atoms with Crippen molar-refractivity contribution in [1.82, 2.24) is 10.2 Å². The first-order valence-corrected chi connectivity index (χ1v) is 9.54. The molecule has 2 aliphatic rings. The van der Waals surface area contributed by atoms with Crippen LogP contribution in [0, 0.1) is 11.3 Å². The van der Waals surface area contributed by atoms with Gasteiger partial charge in [-0.1, -0.05) is 12.1 Å². The molecule has 6 nitrogen and oxygen atoms in total. The van der Waals surface area contributed by atoms with E-state index in [1.807, 2.05) is 30.5 Å². The Morgan fingerprint density at radius 3 is 2.96 bits per heavy atom. The van der Waals surface area contributed by atoms with Crippen LogP contribution in [0.1, 0.15) is 12.8 Å². The van der Waals surface area contributed by atoms with Gasteiger partial charge in [-0.3, -0.25) is 10.4 Å². The largest absolute Gasteiger partial charge is 0.497 e. The van der Waals surface area contributed by atoms with Crippen LogP contribution in [0.5, 0.6) is 5.75 Å². The van der Waals surface area contributed by atoms with Gasteiger partial charge >= 0.3 is 0 Å². The number of hydrogen-bond acceptors (Lipinski definition) is 5. The molecule has 1 fully saturated rings. The molecule has 0 amide bonds. The van der Waals surface area contributed by atoms with Crippen molar-refractivity contribution >= 4 is 17.7 Å². The number of ether oxygens (including phenoxy) is 1. The van der Waals surface area contributed by atoms with Gasteiger partial charge in [-0.05, 0) is 37.1 Å². The van der Waals surface area contributed by atoms with Crippen LogP contribution in [0.4, 0.5) is 5.69 Å². The average molecular weight is 367 g/mol. The van der Waals surface area contributed by atoms with Crippen molar-refractivity contribution in [2.75, 3.05) is 38.6 Å². The monoisotopic (exact) mass is 367 g/mol. The van der Waals surface area contributed by atoms with Crippen LogP contribution in [0.2, 0.25) is 0 Å². The Hall–Kier alpha value is -2.60. The lowest BCUT2D eigenvalue weighted by Crippen LogP contribution is -2.45. The molecule has 3 N–H and O–H groups in total. The van der Waals surface area contributed by atoms with Crippen molar-refractivity contribution in [2.24, 2.45) is 10.9 Å². The van der Waals surface area contributed by atoms with Crippen molar-refractivity contribution in [3.05, 3.63) is 48.7 Å². The van der Waals surface area contributed by atoms with Crippen molar-refractivity contribution in [3.8, 4) is 5.75 Å². The van der Waals surface area contributed by atoms with Crippen LogP contribution in [0.25, 0.3) is 0 Å². The standard InChI is InChI=1S/C21H29N5O/c1-27-20-6-2-5-19(14-20)24-11-7-21(22)25-18-8-12-26(13-9-18)16-17-4-3-10-23-15-17/h2-7,10-11,14,17-18,24H,8-9,12-13,15-16H2,1H3,(H2,22,25)/b11-7-. The maximum absolute atomic E-state index is 8.12. The van der Waals surface area contributed by atoms with Crippen molar-refractivity contribution in [3.63, 3.8) is 0 Å². The van der Waals surface area contributed by atoms with Crippen LogP contribution >= 0.6 is 0 Å². The molecular weight excluding hydrogens is 338 g/mol. The van der Waals surface area contributed by atoms with Gasteiger partial charge in [0.25, 0.3) is 0 Å². The first kappa shape index (κ1) is 19.2. The molecule has 0 aromatic heterocycles. The van der Waals surface area contributed by atoms with Crippen LogP contribution in [0.3, 0.4) is 0 Å². The number of dihydropyridines is 1. The molecule has 0 saturated carbocycles. The highest BCUT2D eigenvalue weighted by Crippen LogP contribution is 2.17. The highest BCUT2D eigenvalue weighted by molar-refractivity contribution is 5.90. The summed E-state index contributed by atoms with van der Waals surface area (Å²) in [6.07, 6.45) is 11.9. The van der Waals surface area contributed by atoms with Crippen molar-refractivity contribution in [1.29, 1.82) is 5.41 Å². The average Bonchev–Trinajstić information content (AvgIpc) is 2.70. The molecule has 0 spiro atoms. The second-order valence-corrected chi connectivity index (χ2v) is 7.00. The number of anilines is 1. The predicted molar refractivity (Wildman–Crippen MR) is 112 cm³/mol. The van der Waals surface area contributed by atoms with Gasteiger partial charge < -0.3 is 20.3 Å². The van der Waals surface area contributed by atoms with Crippen LogP contribution in [-0.2, 0) is 0 Å². The maximum atomic E-state index is 8.12. The zero-order valence-electron chi connectivity index (χ0n) is 15.9. The van der Waals surface area contributed by atoms with E-state index in [0.29, 0.717) is 17.8 Å². The first-order valence-electron chi connectivity index (χ1n) is 9.54. The summed E-state index contributed by atoms with van der Waals surface area (Å²) in [6.45, 7) is 4.14. The molecule has 144 valence electrons. The fourth-order valence-corrected chi connectivity index (χ4v) is 3.44. The molecule has 6 heteroatoms. The summed E-state index contributed by atoms with van der Waals surface area (Å²) in [5, 5.41) is 14.6. The lowest BCUT2D eigenvalue weighted by atomic mass is 10.0. The number of amidine groups is 1. The summed E-state index contributed by atoms with van der Waals surface area (Å²) >= 11 is 0. The Balaban J connectivity index is 1.36. The number of allylic oxidation sites excluding steroid dienone is 1. The van der Waals surface area contributed by atoms with Gasteiger partial charge in [-0.25, -0.2) is 0 Å². The number of hydrogen-bond donors (Lipinski definition) is 3. The summed E-state index contributed by atoms with van der Waals surface area (Å²) in [6, 6.07) is 8.09. The van der Waals surface area contributed by atoms with E-state index in [-0.39, 0.29) is 0 Å². The van der Waals surface area contributed by atoms with Gasteiger partial charge in [-0.2, -0.15) is 0 Å². The Morgan fingerprint density at radius 1 is 1.37 bits per heavy atom. The Morgan fingerprint density at radius 2 is 2.22 bits per heavy atom. The quantitative estimate of drug-likeness (QED) is 0.512. The fraction of sp³-hybridized carbons (Fsp3) is 0.429. The predicted octanol–water partition coefficient (Wildman–Crippen LogP) is 2.91. The molecule has 1 atom stereocenters. The normalized spacial score (nSPS) is 20.7. The number of benzene rings is 1. The van der Waals surface area contributed by atoms with Gasteiger partial charge in [0, 0.05) is 62.3 Å². The second-order valence-electron chi connectivity index (χ2n) is 7.00. The minimum atomic E-state index is 0.370. The van der Waals surface area contributed by atoms with Crippen LogP contribution in [-0.4, -0.2) is 56.3 Å². The van der Waals surface area contributed by atoms with E-state index in [1.165, 1.54) is 0 Å². The zero-order chi connectivity index (χ0) is 18.9. The molecule has 0 bridgehead atoms. The van der Waals surface area contributed by atoms with E-state index < -0.39 is 0 Å². The van der Waals surface area contributed by atoms with E-state index in [1.54, 1.807) is 19.4 Å². The number of rotatable bonds is 7. The molecule has 1 saturated heterocycles. The van der Waals surface area contributed by atoms with E-state index in [4.69, 9.17) is 10.1 Å². The lowest BCUT2D eigenvalue weighted by molar-refractivity contribution is 0.191. The Labute approximate surface area is 161 Å². The fourth-order valence-electron chi connectivity index (χ4n) is 3.44. The molecule has 2 aliphatic heterocycles. The minimum absolute atomic E-state index is 0.370. The van der Waals surface area contributed by atoms with Gasteiger partial charge in [0.2, 0.25) is 0 Å². The molecule has 3 rings (SSSR count). The number of piperidine rings is 1. The topological polar surface area (TPSA) is 72.7 Å². The van der Waals surface area contributed by atoms with Crippen molar-refractivity contribution in [2.45, 2.75) is 18.9 Å². The third-order valence-corrected chi connectivity index (χ3v) is 4.92. The number of nitrogens with one attached hydrogen (secondary N) is 3. The van der Waals surface area contributed by atoms with Crippen molar-refractivity contribution < 1.29 is 4.74 Å². The molecule has 0 aliphatic carbocycles. The molecule has 1 unspecified atom stereocenters. The lowest BCUT2D eigenvalue weighted by Gasteiger charge is -2.34. The molecule has 1 aromatic carbocycles. The molecule has 27 heavy (non-hydrogen) atoms. The summed E-state index contributed by atoms with van der Waals surface area (Å²) in [7, 11) is 1.65. The SMILES string of the molecule is COc1cccc(N/C=C\C(=N)NC2CCN(CC3C=CC=NC3)CC2)c1. The highest BCUT2D eigenvalue weighted by Gasteiger charge is 2.21. The summed E-state index contributed by atoms with van der Waals surface area (Å²) in [5.74, 6) is 1.79. The Bertz CT molecular complexity index is 704. The van der Waals surface area contributed by atoms with E-state index >= 15 is 0 Å². The molecule has 2 heterocycles. The van der Waals surface area contributed by atoms with Crippen LogP contribution < -0.4 is 15.4 Å². The van der Waals surface area contributed by atoms with E-state index in [9.17, 15) is 0 Å². The third-order valence-electron chi connectivity index (χ3n) is 4.92.